The zero-order valence-electron chi connectivity index (χ0n) is 6.43. The molecule has 0 aromatic rings. The van der Waals surface area contributed by atoms with Gasteiger partial charge in [0.2, 0.25) is 0 Å². The van der Waals surface area contributed by atoms with Crippen LogP contribution in [0.25, 0.3) is 0 Å². The molecule has 0 saturated carbocycles. The lowest BCUT2D eigenvalue weighted by Gasteiger charge is -2.21. The van der Waals surface area contributed by atoms with Crippen molar-refractivity contribution in [3.63, 3.8) is 0 Å². The summed E-state index contributed by atoms with van der Waals surface area (Å²) >= 11 is 0. The van der Waals surface area contributed by atoms with E-state index in [0.717, 1.165) is 25.9 Å². The third kappa shape index (κ3) is 1.74. The summed E-state index contributed by atoms with van der Waals surface area (Å²) in [7, 11) is 0. The first-order valence-electron chi connectivity index (χ1n) is 3.90. The van der Waals surface area contributed by atoms with Crippen molar-refractivity contribution in [2.45, 2.75) is 19.8 Å². The van der Waals surface area contributed by atoms with Crippen molar-refractivity contribution in [3.05, 3.63) is 11.8 Å². The summed E-state index contributed by atoms with van der Waals surface area (Å²) < 4.78 is 0. The van der Waals surface area contributed by atoms with Gasteiger partial charge in [-0.3, -0.25) is 0 Å². The van der Waals surface area contributed by atoms with Gasteiger partial charge in [0.1, 0.15) is 0 Å². The van der Waals surface area contributed by atoms with E-state index in [-0.39, 0.29) is 0 Å². The Morgan fingerprint density at radius 1 is 1.50 bits per heavy atom. The normalized spacial score (nSPS) is 23.1. The summed E-state index contributed by atoms with van der Waals surface area (Å²) in [6, 6.07) is 0. The van der Waals surface area contributed by atoms with E-state index in [0.29, 0.717) is 11.7 Å². The molecule has 0 spiro atoms. The van der Waals surface area contributed by atoms with Crippen LogP contribution in [0.1, 0.15) is 19.8 Å². The second-order valence-corrected chi connectivity index (χ2v) is 2.74. The van der Waals surface area contributed by atoms with Gasteiger partial charge in [0.25, 0.3) is 0 Å². The lowest BCUT2D eigenvalue weighted by Crippen LogP contribution is -2.28. The van der Waals surface area contributed by atoms with Crippen molar-refractivity contribution in [1.82, 2.24) is 5.32 Å². The molecule has 1 aliphatic heterocycles. The molecule has 1 rings (SSSR count). The number of piperidine rings is 1. The molecule has 58 valence electrons. The van der Waals surface area contributed by atoms with Gasteiger partial charge in [-0.25, -0.2) is 0 Å². The van der Waals surface area contributed by atoms with E-state index in [1.54, 1.807) is 6.08 Å². The van der Waals surface area contributed by atoms with Crippen LogP contribution in [0.4, 0.5) is 0 Å². The number of aliphatic hydroxyl groups excluding tert-OH is 1. The minimum absolute atomic E-state index is 0.422. The van der Waals surface area contributed by atoms with Crippen LogP contribution in [-0.2, 0) is 0 Å². The number of rotatable bonds is 1. The molecule has 0 aromatic carbocycles. The molecule has 1 aliphatic rings. The highest BCUT2D eigenvalue weighted by molar-refractivity contribution is 4.96. The van der Waals surface area contributed by atoms with Gasteiger partial charge in [0.15, 0.2) is 0 Å². The van der Waals surface area contributed by atoms with Gasteiger partial charge < -0.3 is 10.4 Å². The van der Waals surface area contributed by atoms with Gasteiger partial charge in [0, 0.05) is 5.92 Å². The summed E-state index contributed by atoms with van der Waals surface area (Å²) in [4.78, 5) is 0. The predicted molar refractivity (Wildman–Crippen MR) is 42.0 cm³/mol. The zero-order valence-corrected chi connectivity index (χ0v) is 6.43. The average Bonchev–Trinajstić information content (AvgIpc) is 2.05. The first kappa shape index (κ1) is 7.61. The number of hydrogen-bond donors (Lipinski definition) is 2. The van der Waals surface area contributed by atoms with Crippen molar-refractivity contribution in [2.75, 3.05) is 13.1 Å². The minimum Gasteiger partial charge on any atom is -0.512 e. The molecule has 1 heterocycles. The van der Waals surface area contributed by atoms with Gasteiger partial charge in [-0.15, -0.1) is 0 Å². The highest BCUT2D eigenvalue weighted by Crippen LogP contribution is 2.18. The Bertz CT molecular complexity index is 125. The van der Waals surface area contributed by atoms with Crippen LogP contribution in [0.2, 0.25) is 0 Å². The highest BCUT2D eigenvalue weighted by Gasteiger charge is 2.15. The quantitative estimate of drug-likeness (QED) is 0.542. The highest BCUT2D eigenvalue weighted by atomic mass is 16.3. The molecule has 0 aromatic heterocycles. The topological polar surface area (TPSA) is 32.3 Å². The van der Waals surface area contributed by atoms with Gasteiger partial charge >= 0.3 is 0 Å². The summed E-state index contributed by atoms with van der Waals surface area (Å²) in [5.41, 5.74) is 0. The van der Waals surface area contributed by atoms with E-state index in [9.17, 15) is 5.11 Å². The molecule has 0 radical (unpaired) electrons. The summed E-state index contributed by atoms with van der Waals surface area (Å²) in [5, 5.41) is 12.6. The maximum absolute atomic E-state index is 9.32. The summed E-state index contributed by atoms with van der Waals surface area (Å²) in [6.45, 7) is 3.97. The fraction of sp³-hybridized carbons (Fsp3) is 0.750. The molecule has 0 aliphatic carbocycles. The second kappa shape index (κ2) is 3.62. The molecule has 1 fully saturated rings. The van der Waals surface area contributed by atoms with Gasteiger partial charge in [0.05, 0.1) is 5.76 Å². The number of aliphatic hydroxyl groups is 1. The number of allylic oxidation sites excluding steroid dienone is 2. The first-order valence-corrected chi connectivity index (χ1v) is 3.90. The average molecular weight is 141 g/mol. The van der Waals surface area contributed by atoms with Crippen molar-refractivity contribution in [3.8, 4) is 0 Å². The van der Waals surface area contributed by atoms with Crippen LogP contribution in [-0.4, -0.2) is 18.2 Å². The lowest BCUT2D eigenvalue weighted by molar-refractivity contribution is 0.283. The third-order valence-corrected chi connectivity index (χ3v) is 2.05. The summed E-state index contributed by atoms with van der Waals surface area (Å²) in [6.07, 6.45) is 3.96. The molecule has 0 bridgehead atoms. The predicted octanol–water partition coefficient (Wildman–Crippen LogP) is 1.45. The molecular formula is C8H15NO. The molecule has 0 amide bonds. The standard InChI is InChI=1S/C8H15NO/c1-2-8(10)7-3-5-9-6-4-7/h2,7,9-10H,3-6H2,1H3/b8-2+. The molecule has 2 N–H and O–H groups in total. The largest absolute Gasteiger partial charge is 0.512 e. The van der Waals surface area contributed by atoms with Crippen LogP contribution >= 0.6 is 0 Å². The Labute approximate surface area is 61.9 Å². The van der Waals surface area contributed by atoms with Crippen molar-refractivity contribution in [2.24, 2.45) is 5.92 Å². The van der Waals surface area contributed by atoms with Crippen LogP contribution < -0.4 is 5.32 Å². The fourth-order valence-corrected chi connectivity index (χ4v) is 1.35. The maximum atomic E-state index is 9.32. The van der Waals surface area contributed by atoms with Crippen molar-refractivity contribution < 1.29 is 5.11 Å². The monoisotopic (exact) mass is 141 g/mol. The van der Waals surface area contributed by atoms with E-state index >= 15 is 0 Å². The van der Waals surface area contributed by atoms with E-state index in [2.05, 4.69) is 5.32 Å². The van der Waals surface area contributed by atoms with Gasteiger partial charge in [-0.2, -0.15) is 0 Å². The van der Waals surface area contributed by atoms with Crippen LogP contribution in [0.3, 0.4) is 0 Å². The maximum Gasteiger partial charge on any atom is 0.0911 e. The van der Waals surface area contributed by atoms with E-state index in [1.165, 1.54) is 0 Å². The van der Waals surface area contributed by atoms with E-state index in [4.69, 9.17) is 0 Å². The van der Waals surface area contributed by atoms with Crippen molar-refractivity contribution >= 4 is 0 Å². The lowest BCUT2D eigenvalue weighted by atomic mass is 9.96. The molecule has 2 heteroatoms. The Morgan fingerprint density at radius 3 is 2.60 bits per heavy atom. The Balaban J connectivity index is 2.39. The molecule has 0 atom stereocenters. The van der Waals surface area contributed by atoms with Gasteiger partial charge in [-0.05, 0) is 38.9 Å². The van der Waals surface area contributed by atoms with Gasteiger partial charge in [-0.1, -0.05) is 0 Å². The van der Waals surface area contributed by atoms with Crippen LogP contribution in [0.15, 0.2) is 11.8 Å². The molecule has 10 heavy (non-hydrogen) atoms. The molecule has 1 saturated heterocycles. The molecular weight excluding hydrogens is 126 g/mol. The smallest absolute Gasteiger partial charge is 0.0911 e. The van der Waals surface area contributed by atoms with E-state index < -0.39 is 0 Å². The summed E-state index contributed by atoms with van der Waals surface area (Å²) in [5.74, 6) is 0.993. The van der Waals surface area contributed by atoms with Crippen molar-refractivity contribution in [1.29, 1.82) is 0 Å². The van der Waals surface area contributed by atoms with Crippen LogP contribution in [0, 0.1) is 5.92 Å². The third-order valence-electron chi connectivity index (χ3n) is 2.05. The Kier molecular flexibility index (Phi) is 2.75. The Morgan fingerprint density at radius 2 is 2.10 bits per heavy atom. The second-order valence-electron chi connectivity index (χ2n) is 2.74. The SMILES string of the molecule is C/C=C(/O)C1CCNCC1. The fourth-order valence-electron chi connectivity index (χ4n) is 1.35. The number of nitrogens with one attached hydrogen (secondary N) is 1. The zero-order chi connectivity index (χ0) is 7.40. The minimum atomic E-state index is 0.422. The first-order chi connectivity index (χ1) is 4.84. The number of hydrogen-bond acceptors (Lipinski definition) is 2. The Hall–Kier alpha value is -0.500. The molecule has 2 nitrogen and oxygen atoms in total. The molecule has 0 unspecified atom stereocenters. The van der Waals surface area contributed by atoms with E-state index in [1.807, 2.05) is 6.92 Å². The van der Waals surface area contributed by atoms with Crippen LogP contribution in [0.5, 0.6) is 0 Å².